The molecule has 1 N–H and O–H groups in total. The molecule has 0 unspecified atom stereocenters. The molecular formula is C14H12Cl2N4O. The van der Waals surface area contributed by atoms with Gasteiger partial charge in [-0.15, -0.1) is 0 Å². The van der Waals surface area contributed by atoms with Crippen molar-refractivity contribution in [2.24, 2.45) is 5.10 Å². The molecule has 0 saturated carbocycles. The number of nitrogens with one attached hydrogen (secondary N) is 1. The fraction of sp³-hybridized carbons (Fsp3) is 0.214. The summed E-state index contributed by atoms with van der Waals surface area (Å²) in [6.45, 7) is 3.85. The molecule has 0 spiro atoms. The zero-order valence-corrected chi connectivity index (χ0v) is 12.9. The van der Waals surface area contributed by atoms with Gasteiger partial charge in [0.2, 0.25) is 11.6 Å². The number of benzene rings is 1. The summed E-state index contributed by atoms with van der Waals surface area (Å²) in [4.78, 5) is 4.08. The second-order valence-electron chi connectivity index (χ2n) is 4.53. The van der Waals surface area contributed by atoms with Crippen LogP contribution in [-0.4, -0.2) is 11.2 Å². The average molecular weight is 323 g/mol. The molecule has 1 aromatic carbocycles. The fourth-order valence-electron chi connectivity index (χ4n) is 1.50. The Morgan fingerprint density at radius 1 is 1.43 bits per heavy atom. The molecule has 0 fully saturated rings. The Bertz CT molecular complexity index is 716. The van der Waals surface area contributed by atoms with Gasteiger partial charge in [-0.05, 0) is 12.1 Å². The lowest BCUT2D eigenvalue weighted by Gasteiger charge is -1.99. The van der Waals surface area contributed by atoms with Crippen molar-refractivity contribution in [1.29, 1.82) is 5.26 Å². The van der Waals surface area contributed by atoms with Crippen LogP contribution in [0.25, 0.3) is 0 Å². The van der Waals surface area contributed by atoms with E-state index in [4.69, 9.17) is 32.9 Å². The highest BCUT2D eigenvalue weighted by molar-refractivity contribution is 6.36. The van der Waals surface area contributed by atoms with Gasteiger partial charge in [0.1, 0.15) is 6.07 Å². The Morgan fingerprint density at radius 3 is 2.81 bits per heavy atom. The van der Waals surface area contributed by atoms with E-state index in [0.717, 1.165) is 0 Å². The molecule has 21 heavy (non-hydrogen) atoms. The number of oxazole rings is 1. The first kappa shape index (κ1) is 15.4. The number of nitriles is 1. The van der Waals surface area contributed by atoms with E-state index in [-0.39, 0.29) is 17.5 Å². The number of hydrogen-bond acceptors (Lipinski definition) is 5. The molecule has 1 aromatic heterocycles. The highest BCUT2D eigenvalue weighted by atomic mass is 35.5. The predicted octanol–water partition coefficient (Wildman–Crippen LogP) is 4.42. The van der Waals surface area contributed by atoms with E-state index in [2.05, 4.69) is 15.5 Å². The summed E-state index contributed by atoms with van der Waals surface area (Å²) >= 11 is 11.8. The largest absolute Gasteiger partial charge is 0.422 e. The van der Waals surface area contributed by atoms with Gasteiger partial charge in [-0.3, -0.25) is 0 Å². The first-order chi connectivity index (χ1) is 10.0. The Morgan fingerprint density at radius 2 is 2.19 bits per heavy atom. The Hall–Kier alpha value is -2.03. The predicted molar refractivity (Wildman–Crippen MR) is 83.0 cm³/mol. The molecule has 2 rings (SSSR count). The third-order valence-electron chi connectivity index (χ3n) is 2.58. The third kappa shape index (κ3) is 3.75. The minimum atomic E-state index is 0.0855. The number of nitrogens with zero attached hydrogens (tertiary/aromatic N) is 3. The van der Waals surface area contributed by atoms with Crippen molar-refractivity contribution in [2.75, 3.05) is 5.43 Å². The summed E-state index contributed by atoms with van der Waals surface area (Å²) in [6, 6.07) is 7.02. The number of halogens is 2. The minimum Gasteiger partial charge on any atom is -0.422 e. The standard InChI is InChI=1S/C14H12Cl2N4O/c1-8(2)13-19-12(6-17)14(21-13)20-18-7-9-3-4-10(15)5-11(9)16/h3-5,7-8,20H,1-2H3/b18-7+. The maximum atomic E-state index is 9.00. The van der Waals surface area contributed by atoms with Crippen LogP contribution < -0.4 is 5.43 Å². The molecule has 108 valence electrons. The number of aromatic nitrogens is 1. The van der Waals surface area contributed by atoms with Crippen molar-refractivity contribution in [2.45, 2.75) is 19.8 Å². The molecule has 0 bridgehead atoms. The van der Waals surface area contributed by atoms with E-state index in [1.54, 1.807) is 18.2 Å². The van der Waals surface area contributed by atoms with Gasteiger partial charge >= 0.3 is 0 Å². The van der Waals surface area contributed by atoms with Gasteiger partial charge in [-0.1, -0.05) is 43.1 Å². The molecule has 0 aliphatic carbocycles. The molecule has 7 heteroatoms. The van der Waals surface area contributed by atoms with E-state index < -0.39 is 0 Å². The van der Waals surface area contributed by atoms with Gasteiger partial charge in [-0.2, -0.15) is 10.4 Å². The number of hydrogen-bond donors (Lipinski definition) is 1. The van der Waals surface area contributed by atoms with Gasteiger partial charge < -0.3 is 4.42 Å². The van der Waals surface area contributed by atoms with Crippen LogP contribution in [0.4, 0.5) is 5.88 Å². The molecule has 0 atom stereocenters. The molecule has 0 aliphatic rings. The van der Waals surface area contributed by atoms with Crippen molar-refractivity contribution in [3.63, 3.8) is 0 Å². The Balaban J connectivity index is 2.16. The fourth-order valence-corrected chi connectivity index (χ4v) is 1.96. The zero-order chi connectivity index (χ0) is 15.4. The summed E-state index contributed by atoms with van der Waals surface area (Å²) in [7, 11) is 0. The molecule has 0 amide bonds. The van der Waals surface area contributed by atoms with Crippen molar-refractivity contribution in [3.8, 4) is 6.07 Å². The topological polar surface area (TPSA) is 74.2 Å². The van der Waals surface area contributed by atoms with Crippen LogP contribution in [0.5, 0.6) is 0 Å². The van der Waals surface area contributed by atoms with Crippen LogP contribution >= 0.6 is 23.2 Å². The second-order valence-corrected chi connectivity index (χ2v) is 5.38. The van der Waals surface area contributed by atoms with E-state index in [0.29, 0.717) is 21.5 Å². The van der Waals surface area contributed by atoms with E-state index in [9.17, 15) is 0 Å². The van der Waals surface area contributed by atoms with Crippen LogP contribution in [-0.2, 0) is 0 Å². The first-order valence-electron chi connectivity index (χ1n) is 6.16. The van der Waals surface area contributed by atoms with E-state index in [1.807, 2.05) is 19.9 Å². The molecule has 2 aromatic rings. The highest BCUT2D eigenvalue weighted by Gasteiger charge is 2.14. The summed E-state index contributed by atoms with van der Waals surface area (Å²) in [5.74, 6) is 0.777. The van der Waals surface area contributed by atoms with Crippen molar-refractivity contribution < 1.29 is 4.42 Å². The summed E-state index contributed by atoms with van der Waals surface area (Å²) < 4.78 is 5.44. The maximum Gasteiger partial charge on any atom is 0.252 e. The smallest absolute Gasteiger partial charge is 0.252 e. The third-order valence-corrected chi connectivity index (χ3v) is 3.14. The zero-order valence-electron chi connectivity index (χ0n) is 11.4. The number of hydrazone groups is 1. The molecule has 0 radical (unpaired) electrons. The van der Waals surface area contributed by atoms with Gasteiger partial charge in [0.15, 0.2) is 0 Å². The summed E-state index contributed by atoms with van der Waals surface area (Å²) in [6.07, 6.45) is 1.51. The lowest BCUT2D eigenvalue weighted by molar-refractivity contribution is 0.481. The first-order valence-corrected chi connectivity index (χ1v) is 6.91. The van der Waals surface area contributed by atoms with Crippen LogP contribution in [0, 0.1) is 11.3 Å². The van der Waals surface area contributed by atoms with Crippen molar-refractivity contribution in [3.05, 3.63) is 45.4 Å². The molecule has 1 heterocycles. The van der Waals surface area contributed by atoms with Crippen LogP contribution in [0.2, 0.25) is 10.0 Å². The van der Waals surface area contributed by atoms with Gasteiger partial charge in [0.05, 0.1) is 11.2 Å². The number of rotatable bonds is 4. The van der Waals surface area contributed by atoms with Gasteiger partial charge in [0, 0.05) is 16.5 Å². The molecule has 5 nitrogen and oxygen atoms in total. The van der Waals surface area contributed by atoms with E-state index in [1.165, 1.54) is 6.21 Å². The molecule has 0 aliphatic heterocycles. The Kier molecular flexibility index (Phi) is 4.84. The van der Waals surface area contributed by atoms with Gasteiger partial charge in [-0.25, -0.2) is 10.4 Å². The number of anilines is 1. The summed E-state index contributed by atoms with van der Waals surface area (Å²) in [5, 5.41) is 14.0. The molecule has 0 saturated heterocycles. The van der Waals surface area contributed by atoms with E-state index >= 15 is 0 Å². The van der Waals surface area contributed by atoms with Crippen molar-refractivity contribution in [1.82, 2.24) is 4.98 Å². The quantitative estimate of drug-likeness (QED) is 0.667. The van der Waals surface area contributed by atoms with Gasteiger partial charge in [0.25, 0.3) is 5.88 Å². The van der Waals surface area contributed by atoms with Crippen LogP contribution in [0.3, 0.4) is 0 Å². The highest BCUT2D eigenvalue weighted by Crippen LogP contribution is 2.22. The minimum absolute atomic E-state index is 0.0855. The Labute approximate surface area is 132 Å². The maximum absolute atomic E-state index is 9.00. The second kappa shape index (κ2) is 6.61. The summed E-state index contributed by atoms with van der Waals surface area (Å²) in [5.41, 5.74) is 3.51. The monoisotopic (exact) mass is 322 g/mol. The van der Waals surface area contributed by atoms with Crippen LogP contribution in [0.15, 0.2) is 27.7 Å². The van der Waals surface area contributed by atoms with Crippen LogP contribution in [0.1, 0.15) is 36.9 Å². The lowest BCUT2D eigenvalue weighted by atomic mass is 10.2. The normalized spacial score (nSPS) is 11.0. The van der Waals surface area contributed by atoms with Crippen molar-refractivity contribution >= 4 is 35.3 Å². The average Bonchev–Trinajstić information content (AvgIpc) is 2.85. The molecular weight excluding hydrogens is 311 g/mol. The lowest BCUT2D eigenvalue weighted by Crippen LogP contribution is -1.92. The SMILES string of the molecule is CC(C)c1nc(C#N)c(N/N=C/c2ccc(Cl)cc2Cl)o1.